The number of likely N-dealkylation sites (N-methyl/N-ethyl adjacent to an activating group) is 1. The summed E-state index contributed by atoms with van der Waals surface area (Å²) in [5.41, 5.74) is 2.77. The highest BCUT2D eigenvalue weighted by Gasteiger charge is 2.32. The molecule has 4 nitrogen and oxygen atoms in total. The third-order valence-electron chi connectivity index (χ3n) is 7.46. The van der Waals surface area contributed by atoms with Gasteiger partial charge in [-0.05, 0) is 69.2 Å². The lowest BCUT2D eigenvalue weighted by Gasteiger charge is -2.41. The largest absolute Gasteiger partial charge is 0.390 e. The van der Waals surface area contributed by atoms with E-state index >= 15 is 0 Å². The fourth-order valence-electron chi connectivity index (χ4n) is 5.73. The third-order valence-corrected chi connectivity index (χ3v) is 7.46. The van der Waals surface area contributed by atoms with E-state index in [0.717, 1.165) is 50.9 Å². The van der Waals surface area contributed by atoms with Crippen molar-refractivity contribution >= 4 is 6.29 Å². The molecule has 0 saturated heterocycles. The van der Waals surface area contributed by atoms with E-state index in [4.69, 9.17) is 0 Å². The molecule has 2 N–H and O–H groups in total. The minimum atomic E-state index is -0.450. The third kappa shape index (κ3) is 6.63. The number of aliphatic hydroxyl groups is 1. The van der Waals surface area contributed by atoms with Crippen molar-refractivity contribution < 1.29 is 9.90 Å². The molecule has 1 aromatic rings. The van der Waals surface area contributed by atoms with Crippen LogP contribution in [0, 0.1) is 5.92 Å². The molecule has 0 aromatic heterocycles. The first-order chi connectivity index (χ1) is 14.6. The predicted molar refractivity (Wildman–Crippen MR) is 124 cm³/mol. The first kappa shape index (κ1) is 23.4. The second-order valence-electron chi connectivity index (χ2n) is 9.68. The normalized spacial score (nSPS) is 24.4. The zero-order valence-electron chi connectivity index (χ0n) is 19.0. The molecular formula is C26H42N2O2. The topological polar surface area (TPSA) is 52.6 Å². The molecule has 1 atom stereocenters. The molecule has 0 spiro atoms. The van der Waals surface area contributed by atoms with Gasteiger partial charge >= 0.3 is 0 Å². The van der Waals surface area contributed by atoms with Crippen LogP contribution in [0.25, 0.3) is 0 Å². The lowest BCUT2D eigenvalue weighted by molar-refractivity contribution is -0.107. The van der Waals surface area contributed by atoms with Gasteiger partial charge in [-0.1, -0.05) is 62.8 Å². The van der Waals surface area contributed by atoms with Crippen molar-refractivity contribution in [1.82, 2.24) is 10.2 Å². The van der Waals surface area contributed by atoms with Gasteiger partial charge < -0.3 is 15.2 Å². The first-order valence-corrected chi connectivity index (χ1v) is 12.3. The summed E-state index contributed by atoms with van der Waals surface area (Å²) < 4.78 is 0. The van der Waals surface area contributed by atoms with Gasteiger partial charge in [-0.2, -0.15) is 0 Å². The van der Waals surface area contributed by atoms with Crippen molar-refractivity contribution in [1.29, 1.82) is 0 Å². The van der Waals surface area contributed by atoms with Gasteiger partial charge in [0.25, 0.3) is 0 Å². The molecule has 0 amide bonds. The van der Waals surface area contributed by atoms with Gasteiger partial charge in [0, 0.05) is 12.6 Å². The van der Waals surface area contributed by atoms with Gasteiger partial charge in [0.15, 0.2) is 0 Å². The van der Waals surface area contributed by atoms with Crippen molar-refractivity contribution in [2.45, 2.75) is 88.7 Å². The van der Waals surface area contributed by atoms with Crippen LogP contribution in [-0.4, -0.2) is 48.6 Å². The Kier molecular flexibility index (Phi) is 9.35. The lowest BCUT2D eigenvalue weighted by Crippen LogP contribution is -2.37. The molecule has 168 valence electrons. The van der Waals surface area contributed by atoms with Crippen LogP contribution < -0.4 is 5.32 Å². The maximum atomic E-state index is 10.0. The number of benzene rings is 1. The van der Waals surface area contributed by atoms with E-state index in [-0.39, 0.29) is 0 Å². The van der Waals surface area contributed by atoms with E-state index in [0.29, 0.717) is 12.6 Å². The van der Waals surface area contributed by atoms with E-state index in [9.17, 15) is 9.90 Å². The summed E-state index contributed by atoms with van der Waals surface area (Å²) in [6, 6.07) is 9.80. The number of carbonyl (C=O) groups excluding carboxylic acids is 1. The van der Waals surface area contributed by atoms with E-state index < -0.39 is 5.60 Å². The van der Waals surface area contributed by atoms with Gasteiger partial charge in [-0.3, -0.25) is 4.90 Å². The highest BCUT2D eigenvalue weighted by molar-refractivity contribution is 5.51. The maximum absolute atomic E-state index is 10.0. The average Bonchev–Trinajstić information content (AvgIpc) is 2.78. The van der Waals surface area contributed by atoms with Crippen molar-refractivity contribution in [3.8, 4) is 0 Å². The quantitative estimate of drug-likeness (QED) is 0.525. The molecular weight excluding hydrogens is 372 g/mol. The summed E-state index contributed by atoms with van der Waals surface area (Å²) in [5.74, 6) is 0.898. The summed E-state index contributed by atoms with van der Waals surface area (Å²) in [4.78, 5) is 12.6. The molecule has 3 aliphatic rings. The highest BCUT2D eigenvalue weighted by Crippen LogP contribution is 2.41. The summed E-state index contributed by atoms with van der Waals surface area (Å²) in [6.45, 7) is 2.38. The van der Waals surface area contributed by atoms with Crippen LogP contribution in [0.15, 0.2) is 24.3 Å². The highest BCUT2D eigenvalue weighted by atomic mass is 16.3. The number of aldehydes is 1. The molecule has 4 rings (SSSR count). The van der Waals surface area contributed by atoms with E-state index in [1.165, 1.54) is 51.5 Å². The minimum Gasteiger partial charge on any atom is -0.390 e. The van der Waals surface area contributed by atoms with Gasteiger partial charge in [-0.25, -0.2) is 0 Å². The molecule has 1 heterocycles. The molecule has 1 aromatic carbocycles. The van der Waals surface area contributed by atoms with Crippen LogP contribution in [0.3, 0.4) is 0 Å². The Morgan fingerprint density at radius 2 is 1.80 bits per heavy atom. The molecule has 4 heteroatoms. The number of hydrogen-bond donors (Lipinski definition) is 2. The summed E-state index contributed by atoms with van der Waals surface area (Å²) in [6.07, 6.45) is 15.5. The van der Waals surface area contributed by atoms with Gasteiger partial charge in [0.1, 0.15) is 6.29 Å². The molecule has 30 heavy (non-hydrogen) atoms. The van der Waals surface area contributed by atoms with Crippen LogP contribution in [0.1, 0.15) is 87.8 Å². The summed E-state index contributed by atoms with van der Waals surface area (Å²) in [7, 11) is 2.31. The van der Waals surface area contributed by atoms with E-state index in [2.05, 4.69) is 41.5 Å². The fourth-order valence-corrected chi connectivity index (χ4v) is 5.73. The summed E-state index contributed by atoms with van der Waals surface area (Å²) in [5, 5.41) is 13.0. The van der Waals surface area contributed by atoms with E-state index in [1.807, 2.05) is 0 Å². The number of rotatable bonds is 6. The smallest absolute Gasteiger partial charge is 0.133 e. The van der Waals surface area contributed by atoms with Crippen molar-refractivity contribution in [2.24, 2.45) is 5.92 Å². The average molecular weight is 415 g/mol. The number of fused-ring (bicyclic) bond motifs is 1. The lowest BCUT2D eigenvalue weighted by atomic mass is 9.77. The Morgan fingerprint density at radius 3 is 2.53 bits per heavy atom. The first-order valence-electron chi connectivity index (χ1n) is 12.3. The minimum absolute atomic E-state index is 0.399. The Labute approximate surface area is 183 Å². The maximum Gasteiger partial charge on any atom is 0.133 e. The molecule has 2 fully saturated rings. The molecule has 0 radical (unpaired) electrons. The SMILES string of the molecule is CN1CCc2ccccc2C1C1CCCCC1.O=CCNCCC1(O)CCCCC1. The number of nitrogens with zero attached hydrogens (tertiary/aromatic N) is 1. The molecule has 2 aliphatic carbocycles. The van der Waals surface area contributed by atoms with Gasteiger partial charge in [0.2, 0.25) is 0 Å². The molecule has 0 bridgehead atoms. The summed E-state index contributed by atoms with van der Waals surface area (Å²) >= 11 is 0. The van der Waals surface area contributed by atoms with Crippen molar-refractivity contribution in [3.05, 3.63) is 35.4 Å². The standard InChI is InChI=1S/C16H23N.C10H19NO2/c1-17-12-11-13-7-5-6-10-15(13)16(17)14-8-3-2-4-9-14;12-9-8-11-7-6-10(13)4-2-1-3-5-10/h5-7,10,14,16H,2-4,8-9,11-12H2,1H3;9,11,13H,1-8H2. The Morgan fingerprint density at radius 1 is 1.10 bits per heavy atom. The second-order valence-corrected chi connectivity index (χ2v) is 9.68. The second kappa shape index (κ2) is 12.0. The van der Waals surface area contributed by atoms with Gasteiger partial charge in [-0.15, -0.1) is 0 Å². The molecule has 1 unspecified atom stereocenters. The monoisotopic (exact) mass is 414 g/mol. The van der Waals surface area contributed by atoms with Gasteiger partial charge in [0.05, 0.1) is 12.1 Å². The van der Waals surface area contributed by atoms with Crippen LogP contribution in [0.4, 0.5) is 0 Å². The molecule has 2 saturated carbocycles. The number of nitrogens with one attached hydrogen (secondary N) is 1. The van der Waals surface area contributed by atoms with Crippen LogP contribution >= 0.6 is 0 Å². The molecule has 1 aliphatic heterocycles. The number of carbonyl (C=O) groups is 1. The number of hydrogen-bond acceptors (Lipinski definition) is 4. The van der Waals surface area contributed by atoms with Crippen molar-refractivity contribution in [2.75, 3.05) is 26.7 Å². The van der Waals surface area contributed by atoms with E-state index in [1.54, 1.807) is 11.1 Å². The van der Waals surface area contributed by atoms with Crippen molar-refractivity contribution in [3.63, 3.8) is 0 Å². The Hall–Kier alpha value is -1.23. The van der Waals surface area contributed by atoms with Crippen LogP contribution in [0.5, 0.6) is 0 Å². The van der Waals surface area contributed by atoms with Crippen LogP contribution in [-0.2, 0) is 11.2 Å². The predicted octanol–water partition coefficient (Wildman–Crippen LogP) is 4.66. The zero-order chi connectivity index (χ0) is 21.2. The Balaban J connectivity index is 0.000000178. The Bertz CT molecular complexity index is 636. The van der Waals surface area contributed by atoms with Crippen LogP contribution in [0.2, 0.25) is 0 Å². The fraction of sp³-hybridized carbons (Fsp3) is 0.731. The zero-order valence-corrected chi connectivity index (χ0v) is 19.0.